The quantitative estimate of drug-likeness (QED) is 0.639. The monoisotopic (exact) mass is 281 g/mol. The lowest BCUT2D eigenvalue weighted by atomic mass is 10.1. The third kappa shape index (κ3) is 4.17. The number of hydrogen-bond donors (Lipinski definition) is 1. The van der Waals surface area contributed by atoms with E-state index in [0.29, 0.717) is 0 Å². The third-order valence-corrected chi connectivity index (χ3v) is 2.50. The fourth-order valence-corrected chi connectivity index (χ4v) is 1.70. The summed E-state index contributed by atoms with van der Waals surface area (Å²) in [6, 6.07) is 5.43. The van der Waals surface area contributed by atoms with Gasteiger partial charge in [0.15, 0.2) is 0 Å². The average molecular weight is 281 g/mol. The molecule has 0 saturated heterocycles. The van der Waals surface area contributed by atoms with Gasteiger partial charge in [-0.1, -0.05) is 0 Å². The van der Waals surface area contributed by atoms with E-state index in [-0.39, 0.29) is 18.4 Å². The van der Waals surface area contributed by atoms with E-state index in [2.05, 4.69) is 11.4 Å². The predicted molar refractivity (Wildman–Crippen MR) is 70.8 cm³/mol. The van der Waals surface area contributed by atoms with Gasteiger partial charge in [-0.05, 0) is 26.8 Å². The summed E-state index contributed by atoms with van der Waals surface area (Å²) in [5.74, 6) is -0.830. The molecular weight excluding hydrogens is 265 g/mol. The van der Waals surface area contributed by atoms with Crippen LogP contribution in [0.15, 0.2) is 18.2 Å². The van der Waals surface area contributed by atoms with E-state index in [1.165, 1.54) is 6.07 Å². The molecule has 108 valence electrons. The Balaban J connectivity index is 2.77. The van der Waals surface area contributed by atoms with Crippen LogP contribution in [0.4, 0.5) is 10.1 Å². The van der Waals surface area contributed by atoms with Gasteiger partial charge >= 0.3 is 5.69 Å². The zero-order chi connectivity index (χ0) is 15.3. The fourth-order valence-electron chi connectivity index (χ4n) is 1.70. The van der Waals surface area contributed by atoms with E-state index in [4.69, 9.17) is 10.00 Å². The Labute approximate surface area is 116 Å². The van der Waals surface area contributed by atoms with Crippen molar-refractivity contribution in [3.05, 3.63) is 34.1 Å². The van der Waals surface area contributed by atoms with Crippen LogP contribution in [0.1, 0.15) is 20.8 Å². The second-order valence-electron chi connectivity index (χ2n) is 4.90. The van der Waals surface area contributed by atoms with Gasteiger partial charge in [0.1, 0.15) is 17.9 Å². The minimum atomic E-state index is -0.969. The van der Waals surface area contributed by atoms with Crippen LogP contribution in [0, 0.1) is 27.3 Å². The van der Waals surface area contributed by atoms with Gasteiger partial charge in [-0.3, -0.25) is 15.4 Å². The number of nitriles is 1. The standard InChI is InChI=1S/C13H16FN3O3/c1-9(2)16-13(3,7-15)8-20-10-4-5-12(17(18)19)11(14)6-10/h4-6,9,16H,8H2,1-3H3. The number of nitro benzene ring substituents is 1. The first kappa shape index (κ1) is 15.9. The lowest BCUT2D eigenvalue weighted by molar-refractivity contribution is -0.387. The van der Waals surface area contributed by atoms with E-state index < -0.39 is 22.0 Å². The Morgan fingerprint density at radius 1 is 1.60 bits per heavy atom. The van der Waals surface area contributed by atoms with Crippen LogP contribution in [0.25, 0.3) is 0 Å². The third-order valence-electron chi connectivity index (χ3n) is 2.50. The van der Waals surface area contributed by atoms with Crippen molar-refractivity contribution < 1.29 is 14.1 Å². The summed E-state index contributed by atoms with van der Waals surface area (Å²) in [7, 11) is 0. The van der Waals surface area contributed by atoms with Crippen molar-refractivity contribution in [2.24, 2.45) is 0 Å². The van der Waals surface area contributed by atoms with Crippen LogP contribution in [-0.4, -0.2) is 23.1 Å². The molecule has 7 heteroatoms. The van der Waals surface area contributed by atoms with Crippen LogP contribution in [-0.2, 0) is 0 Å². The normalized spacial score (nSPS) is 13.6. The number of rotatable bonds is 6. The highest BCUT2D eigenvalue weighted by Gasteiger charge is 2.26. The summed E-state index contributed by atoms with van der Waals surface area (Å²) in [6.45, 7) is 5.44. The molecule has 0 heterocycles. The van der Waals surface area contributed by atoms with Crippen LogP contribution in [0.3, 0.4) is 0 Å². The van der Waals surface area contributed by atoms with Crippen LogP contribution in [0.5, 0.6) is 5.75 Å². The lowest BCUT2D eigenvalue weighted by Gasteiger charge is -2.25. The molecular formula is C13H16FN3O3. The molecule has 0 fully saturated rings. The Morgan fingerprint density at radius 3 is 2.70 bits per heavy atom. The molecule has 20 heavy (non-hydrogen) atoms. The second kappa shape index (κ2) is 6.30. The Morgan fingerprint density at radius 2 is 2.25 bits per heavy atom. The van der Waals surface area contributed by atoms with E-state index in [9.17, 15) is 14.5 Å². The first-order valence-electron chi connectivity index (χ1n) is 6.03. The predicted octanol–water partition coefficient (Wildman–Crippen LogP) is 2.39. The molecule has 1 unspecified atom stereocenters. The molecule has 1 N–H and O–H groups in total. The van der Waals surface area contributed by atoms with Crippen LogP contribution in [0.2, 0.25) is 0 Å². The van der Waals surface area contributed by atoms with E-state index in [0.717, 1.165) is 12.1 Å². The fraction of sp³-hybridized carbons (Fsp3) is 0.462. The molecule has 0 spiro atoms. The van der Waals surface area contributed by atoms with E-state index in [1.807, 2.05) is 13.8 Å². The van der Waals surface area contributed by atoms with Crippen molar-refractivity contribution in [3.8, 4) is 11.8 Å². The summed E-state index contributed by atoms with van der Waals surface area (Å²) in [5, 5.41) is 22.6. The summed E-state index contributed by atoms with van der Waals surface area (Å²) < 4.78 is 18.7. The molecule has 0 radical (unpaired) electrons. The van der Waals surface area contributed by atoms with Gasteiger partial charge in [0.25, 0.3) is 0 Å². The van der Waals surface area contributed by atoms with Crippen molar-refractivity contribution in [1.82, 2.24) is 5.32 Å². The molecule has 6 nitrogen and oxygen atoms in total. The maximum Gasteiger partial charge on any atom is 0.305 e. The Hall–Kier alpha value is -2.20. The van der Waals surface area contributed by atoms with Gasteiger partial charge in [-0.15, -0.1) is 0 Å². The summed E-state index contributed by atoms with van der Waals surface area (Å²) >= 11 is 0. The van der Waals surface area contributed by atoms with E-state index in [1.54, 1.807) is 6.92 Å². The van der Waals surface area contributed by atoms with Crippen molar-refractivity contribution in [1.29, 1.82) is 5.26 Å². The highest BCUT2D eigenvalue weighted by molar-refractivity contribution is 5.38. The van der Waals surface area contributed by atoms with Crippen molar-refractivity contribution >= 4 is 5.69 Å². The van der Waals surface area contributed by atoms with Crippen molar-refractivity contribution in [3.63, 3.8) is 0 Å². The van der Waals surface area contributed by atoms with Gasteiger partial charge in [0, 0.05) is 18.2 Å². The summed E-state index contributed by atoms with van der Waals surface area (Å²) in [5.41, 5.74) is -1.53. The lowest BCUT2D eigenvalue weighted by Crippen LogP contribution is -2.49. The molecule has 1 aromatic carbocycles. The summed E-state index contributed by atoms with van der Waals surface area (Å²) in [4.78, 5) is 9.68. The minimum Gasteiger partial charge on any atom is -0.490 e. The molecule has 1 rings (SSSR count). The number of hydrogen-bond acceptors (Lipinski definition) is 5. The van der Waals surface area contributed by atoms with Gasteiger partial charge in [0.05, 0.1) is 11.0 Å². The molecule has 1 atom stereocenters. The number of halogens is 1. The minimum absolute atomic E-state index is 0.00106. The Kier molecular flexibility index (Phi) is 5.00. The van der Waals surface area contributed by atoms with E-state index >= 15 is 0 Å². The van der Waals surface area contributed by atoms with Crippen molar-refractivity contribution in [2.75, 3.05) is 6.61 Å². The first-order chi connectivity index (χ1) is 9.27. The highest BCUT2D eigenvalue weighted by atomic mass is 19.1. The number of nitrogens with one attached hydrogen (secondary N) is 1. The van der Waals surface area contributed by atoms with Crippen LogP contribution < -0.4 is 10.1 Å². The largest absolute Gasteiger partial charge is 0.490 e. The Bertz CT molecular complexity index is 542. The number of benzene rings is 1. The maximum absolute atomic E-state index is 13.4. The number of nitro groups is 1. The highest BCUT2D eigenvalue weighted by Crippen LogP contribution is 2.23. The molecule has 0 saturated carbocycles. The maximum atomic E-state index is 13.4. The summed E-state index contributed by atoms with van der Waals surface area (Å²) in [6.07, 6.45) is 0. The van der Waals surface area contributed by atoms with Gasteiger partial charge < -0.3 is 4.74 Å². The number of ether oxygens (including phenoxy) is 1. The molecule has 0 bridgehead atoms. The molecule has 0 aromatic heterocycles. The zero-order valence-electron chi connectivity index (χ0n) is 11.5. The van der Waals surface area contributed by atoms with Gasteiger partial charge in [-0.2, -0.15) is 9.65 Å². The molecule has 0 amide bonds. The average Bonchev–Trinajstić information content (AvgIpc) is 2.35. The number of nitrogens with zero attached hydrogens (tertiary/aromatic N) is 2. The van der Waals surface area contributed by atoms with Gasteiger partial charge in [-0.25, -0.2) is 0 Å². The molecule has 0 aliphatic heterocycles. The smallest absolute Gasteiger partial charge is 0.305 e. The van der Waals surface area contributed by atoms with Gasteiger partial charge in [0.2, 0.25) is 5.82 Å². The van der Waals surface area contributed by atoms with Crippen molar-refractivity contribution in [2.45, 2.75) is 32.4 Å². The molecule has 1 aromatic rings. The van der Waals surface area contributed by atoms with Crippen LogP contribution >= 0.6 is 0 Å². The molecule has 0 aliphatic carbocycles. The SMILES string of the molecule is CC(C)NC(C)(C#N)COc1ccc([N+](=O)[O-])c(F)c1. The first-order valence-corrected chi connectivity index (χ1v) is 6.03. The topological polar surface area (TPSA) is 88.2 Å². The zero-order valence-corrected chi connectivity index (χ0v) is 11.5. The molecule has 0 aliphatic rings. The second-order valence-corrected chi connectivity index (χ2v) is 4.90.